The summed E-state index contributed by atoms with van der Waals surface area (Å²) < 4.78 is 15.6. The number of carbonyl (C=O) groups excluding carboxylic acids is 2. The standard InChI is InChI=1S/C23H23NO5/c1-3-22(25)28-16-6-5-15-27-20-13-9-19(10-14-20)24-17-18-7-11-21(12-8-18)29-23(26)4-2/h3-4,7-14,17H,1-2,5-6,15-16H2. The van der Waals surface area contributed by atoms with Crippen LogP contribution in [0.1, 0.15) is 18.4 Å². The van der Waals surface area contributed by atoms with E-state index in [1.54, 1.807) is 30.5 Å². The van der Waals surface area contributed by atoms with E-state index in [2.05, 4.69) is 18.2 Å². The molecular weight excluding hydrogens is 370 g/mol. The fraction of sp³-hybridized carbons (Fsp3) is 0.174. The Morgan fingerprint density at radius 1 is 0.828 bits per heavy atom. The summed E-state index contributed by atoms with van der Waals surface area (Å²) in [6.45, 7) is 7.60. The zero-order valence-corrected chi connectivity index (χ0v) is 16.1. The van der Waals surface area contributed by atoms with Crippen LogP contribution in [0.4, 0.5) is 5.69 Å². The van der Waals surface area contributed by atoms with Gasteiger partial charge in [-0.3, -0.25) is 4.99 Å². The van der Waals surface area contributed by atoms with Crippen molar-refractivity contribution in [2.24, 2.45) is 4.99 Å². The molecule has 2 aromatic rings. The number of nitrogens with zero attached hydrogens (tertiary/aromatic N) is 1. The Morgan fingerprint density at radius 2 is 1.45 bits per heavy atom. The predicted molar refractivity (Wildman–Crippen MR) is 112 cm³/mol. The van der Waals surface area contributed by atoms with Crippen molar-refractivity contribution in [3.05, 3.63) is 79.4 Å². The van der Waals surface area contributed by atoms with Crippen LogP contribution in [0.2, 0.25) is 0 Å². The van der Waals surface area contributed by atoms with Gasteiger partial charge in [0.15, 0.2) is 0 Å². The minimum Gasteiger partial charge on any atom is -0.494 e. The Morgan fingerprint density at radius 3 is 2.10 bits per heavy atom. The van der Waals surface area contributed by atoms with Crippen molar-refractivity contribution in [3.8, 4) is 11.5 Å². The van der Waals surface area contributed by atoms with Crippen LogP contribution in [0.15, 0.2) is 78.8 Å². The topological polar surface area (TPSA) is 74.2 Å². The molecule has 0 fully saturated rings. The number of hydrogen-bond donors (Lipinski definition) is 0. The Balaban J connectivity index is 1.75. The van der Waals surface area contributed by atoms with Gasteiger partial charge in [-0.2, -0.15) is 0 Å². The number of unbranched alkanes of at least 4 members (excludes halogenated alkanes) is 1. The van der Waals surface area contributed by atoms with Gasteiger partial charge in [0.1, 0.15) is 11.5 Å². The van der Waals surface area contributed by atoms with Crippen LogP contribution >= 0.6 is 0 Å². The quantitative estimate of drug-likeness (QED) is 0.186. The minimum atomic E-state index is -0.496. The number of aliphatic imine (C=N–C) groups is 1. The lowest BCUT2D eigenvalue weighted by atomic mass is 10.2. The third-order valence-electron chi connectivity index (χ3n) is 3.68. The maximum atomic E-state index is 11.2. The van der Waals surface area contributed by atoms with Gasteiger partial charge in [0.05, 0.1) is 18.9 Å². The van der Waals surface area contributed by atoms with E-state index in [4.69, 9.17) is 14.2 Å². The Labute approximate surface area is 170 Å². The molecule has 0 aliphatic rings. The average Bonchev–Trinajstić information content (AvgIpc) is 2.76. The molecule has 0 spiro atoms. The van der Waals surface area contributed by atoms with E-state index < -0.39 is 11.9 Å². The second-order valence-electron chi connectivity index (χ2n) is 5.87. The summed E-state index contributed by atoms with van der Waals surface area (Å²) in [7, 11) is 0. The molecular formula is C23H23NO5. The lowest BCUT2D eigenvalue weighted by molar-refractivity contribution is -0.137. The number of hydrogen-bond acceptors (Lipinski definition) is 6. The lowest BCUT2D eigenvalue weighted by Gasteiger charge is -2.06. The molecule has 0 saturated carbocycles. The van der Waals surface area contributed by atoms with Gasteiger partial charge in [-0.05, 0) is 66.9 Å². The molecule has 2 aromatic carbocycles. The average molecular weight is 393 g/mol. The summed E-state index contributed by atoms with van der Waals surface area (Å²) in [6, 6.07) is 14.4. The second-order valence-corrected chi connectivity index (χ2v) is 5.87. The first kappa shape index (κ1) is 21.6. The van der Waals surface area contributed by atoms with Crippen LogP contribution in [0.25, 0.3) is 0 Å². The van der Waals surface area contributed by atoms with Crippen LogP contribution < -0.4 is 9.47 Å². The predicted octanol–water partition coefficient (Wildman–Crippen LogP) is 4.42. The van der Waals surface area contributed by atoms with Gasteiger partial charge in [0, 0.05) is 18.4 Å². The monoisotopic (exact) mass is 393 g/mol. The van der Waals surface area contributed by atoms with Crippen molar-refractivity contribution in [2.45, 2.75) is 12.8 Å². The number of carbonyl (C=O) groups is 2. The SMILES string of the molecule is C=CC(=O)OCCCCOc1ccc(N=Cc2ccc(OC(=O)C=C)cc2)cc1. The Kier molecular flexibility index (Phi) is 8.89. The van der Waals surface area contributed by atoms with Gasteiger partial charge in [-0.25, -0.2) is 9.59 Å². The van der Waals surface area contributed by atoms with Crippen molar-refractivity contribution in [2.75, 3.05) is 13.2 Å². The zero-order chi connectivity index (χ0) is 20.9. The maximum absolute atomic E-state index is 11.2. The third kappa shape index (κ3) is 8.26. The van der Waals surface area contributed by atoms with Gasteiger partial charge in [-0.15, -0.1) is 0 Å². The molecule has 0 heterocycles. The highest BCUT2D eigenvalue weighted by Crippen LogP contribution is 2.19. The van der Waals surface area contributed by atoms with Gasteiger partial charge >= 0.3 is 11.9 Å². The highest BCUT2D eigenvalue weighted by molar-refractivity contribution is 5.84. The van der Waals surface area contributed by atoms with Crippen LogP contribution in [-0.4, -0.2) is 31.4 Å². The van der Waals surface area contributed by atoms with E-state index in [0.29, 0.717) is 19.0 Å². The largest absolute Gasteiger partial charge is 0.494 e. The third-order valence-corrected chi connectivity index (χ3v) is 3.68. The zero-order valence-electron chi connectivity index (χ0n) is 16.1. The highest BCUT2D eigenvalue weighted by atomic mass is 16.5. The fourth-order valence-electron chi connectivity index (χ4n) is 2.18. The Bertz CT molecular complexity index is 854. The minimum absolute atomic E-state index is 0.361. The lowest BCUT2D eigenvalue weighted by Crippen LogP contribution is -2.04. The molecule has 0 amide bonds. The number of rotatable bonds is 11. The molecule has 0 aromatic heterocycles. The summed E-state index contributed by atoms with van der Waals surface area (Å²) in [5, 5.41) is 0. The first-order chi connectivity index (χ1) is 14.1. The van der Waals surface area contributed by atoms with Gasteiger partial charge in [-0.1, -0.05) is 13.2 Å². The van der Waals surface area contributed by atoms with Crippen molar-refractivity contribution in [1.82, 2.24) is 0 Å². The number of benzene rings is 2. The fourth-order valence-corrected chi connectivity index (χ4v) is 2.18. The van der Waals surface area contributed by atoms with E-state index in [9.17, 15) is 9.59 Å². The molecule has 0 saturated heterocycles. The first-order valence-electron chi connectivity index (χ1n) is 9.11. The highest BCUT2D eigenvalue weighted by Gasteiger charge is 2.00. The molecule has 2 rings (SSSR count). The van der Waals surface area contributed by atoms with Crippen LogP contribution in [-0.2, 0) is 14.3 Å². The van der Waals surface area contributed by atoms with E-state index in [1.165, 1.54) is 0 Å². The van der Waals surface area contributed by atoms with E-state index in [0.717, 1.165) is 42.0 Å². The van der Waals surface area contributed by atoms with Crippen molar-refractivity contribution in [1.29, 1.82) is 0 Å². The van der Waals surface area contributed by atoms with E-state index in [-0.39, 0.29) is 0 Å². The summed E-state index contributed by atoms with van der Waals surface area (Å²) in [5.74, 6) is 0.298. The molecule has 0 bridgehead atoms. The number of esters is 2. The molecule has 150 valence electrons. The van der Waals surface area contributed by atoms with Crippen LogP contribution in [0.5, 0.6) is 11.5 Å². The first-order valence-corrected chi connectivity index (χ1v) is 9.11. The molecule has 0 atom stereocenters. The van der Waals surface area contributed by atoms with Gasteiger partial charge < -0.3 is 14.2 Å². The second kappa shape index (κ2) is 11.9. The van der Waals surface area contributed by atoms with E-state index in [1.807, 2.05) is 24.3 Å². The van der Waals surface area contributed by atoms with Gasteiger partial charge in [0.2, 0.25) is 0 Å². The normalized spacial score (nSPS) is 10.3. The van der Waals surface area contributed by atoms with Crippen LogP contribution in [0.3, 0.4) is 0 Å². The summed E-state index contributed by atoms with van der Waals surface area (Å²) >= 11 is 0. The molecule has 6 nitrogen and oxygen atoms in total. The van der Waals surface area contributed by atoms with Crippen molar-refractivity contribution >= 4 is 23.8 Å². The van der Waals surface area contributed by atoms with Crippen molar-refractivity contribution < 1.29 is 23.8 Å². The smallest absolute Gasteiger partial charge is 0.335 e. The summed E-state index contributed by atoms with van der Waals surface area (Å²) in [4.78, 5) is 26.5. The Hall–Kier alpha value is -3.67. The number of ether oxygens (including phenoxy) is 3. The molecule has 29 heavy (non-hydrogen) atoms. The molecule has 0 unspecified atom stereocenters. The molecule has 0 N–H and O–H groups in total. The maximum Gasteiger partial charge on any atom is 0.335 e. The van der Waals surface area contributed by atoms with Crippen LogP contribution in [0, 0.1) is 0 Å². The van der Waals surface area contributed by atoms with Gasteiger partial charge in [0.25, 0.3) is 0 Å². The summed E-state index contributed by atoms with van der Waals surface area (Å²) in [5.41, 5.74) is 1.66. The molecule has 0 aliphatic carbocycles. The summed E-state index contributed by atoms with van der Waals surface area (Å²) in [6.07, 6.45) is 5.50. The molecule has 6 heteroatoms. The van der Waals surface area contributed by atoms with Crippen molar-refractivity contribution in [3.63, 3.8) is 0 Å². The molecule has 0 aliphatic heterocycles. The molecule has 0 radical (unpaired) electrons. The van der Waals surface area contributed by atoms with E-state index >= 15 is 0 Å².